The SMILES string of the molecule is Cc1cc(CCCCC(=O)N([C@H]2OC(C)(C)OC2=O)[C@H](C(=O)N[C@H](C)c2cccnc2)C(C)(C)C)ccc1-c1ccccc1. The number of nitrogens with one attached hydrogen (secondary N) is 1. The third-order valence-electron chi connectivity index (χ3n) is 7.86. The van der Waals surface area contributed by atoms with E-state index >= 15 is 0 Å². The molecule has 2 aromatic carbocycles. The number of hydrogen-bond acceptors (Lipinski definition) is 6. The van der Waals surface area contributed by atoms with Crippen molar-refractivity contribution in [2.24, 2.45) is 5.41 Å². The summed E-state index contributed by atoms with van der Waals surface area (Å²) in [6.45, 7) is 12.8. The fourth-order valence-corrected chi connectivity index (χ4v) is 5.72. The minimum atomic E-state index is -1.32. The molecule has 0 unspecified atom stereocenters. The lowest BCUT2D eigenvalue weighted by atomic mass is 9.84. The van der Waals surface area contributed by atoms with E-state index in [1.165, 1.54) is 27.2 Å². The number of ether oxygens (including phenoxy) is 2. The standard InChI is InChI=1S/C36H45N3O5/c1-24-22-26(19-20-29(24)27-15-9-8-10-16-27)14-11-12-18-30(40)39(33-34(42)44-36(6,7)43-33)31(35(3,4)5)32(41)38-25(2)28-17-13-21-37-23-28/h8-10,13,15-17,19-23,25,31,33H,11-12,14,18H2,1-7H3,(H,38,41)/t25-,31-,33+/m1/s1. The number of esters is 1. The monoisotopic (exact) mass is 599 g/mol. The van der Waals surface area contributed by atoms with E-state index < -0.39 is 29.4 Å². The normalized spacial score (nSPS) is 17.4. The highest BCUT2D eigenvalue weighted by atomic mass is 16.8. The van der Waals surface area contributed by atoms with Crippen LogP contribution in [-0.2, 0) is 30.3 Å². The van der Waals surface area contributed by atoms with Crippen molar-refractivity contribution < 1.29 is 23.9 Å². The summed E-state index contributed by atoms with van der Waals surface area (Å²) < 4.78 is 11.4. The topological polar surface area (TPSA) is 97.8 Å². The molecule has 0 spiro atoms. The second-order valence-electron chi connectivity index (χ2n) is 13.1. The molecule has 8 heteroatoms. The molecule has 1 aliphatic heterocycles. The van der Waals surface area contributed by atoms with Gasteiger partial charge in [-0.2, -0.15) is 0 Å². The zero-order chi connectivity index (χ0) is 32.1. The average Bonchev–Trinajstić information content (AvgIpc) is 3.25. The van der Waals surface area contributed by atoms with Crippen LogP contribution in [0.2, 0.25) is 0 Å². The van der Waals surface area contributed by atoms with Gasteiger partial charge in [0.1, 0.15) is 6.04 Å². The number of unbranched alkanes of at least 4 members (excludes halogenated alkanes) is 1. The first-order chi connectivity index (χ1) is 20.8. The minimum absolute atomic E-state index is 0.159. The Morgan fingerprint density at radius 1 is 1.05 bits per heavy atom. The van der Waals surface area contributed by atoms with Gasteiger partial charge in [0.05, 0.1) is 6.04 Å². The molecule has 1 N–H and O–H groups in total. The largest absolute Gasteiger partial charge is 0.430 e. The van der Waals surface area contributed by atoms with Crippen molar-refractivity contribution in [2.45, 2.75) is 98.2 Å². The molecule has 0 bridgehead atoms. The summed E-state index contributed by atoms with van der Waals surface area (Å²) in [6.07, 6.45) is 4.37. The van der Waals surface area contributed by atoms with Gasteiger partial charge in [-0.1, -0.05) is 75.4 Å². The Morgan fingerprint density at radius 2 is 1.77 bits per heavy atom. The first kappa shape index (κ1) is 32.9. The first-order valence-electron chi connectivity index (χ1n) is 15.3. The predicted molar refractivity (Wildman–Crippen MR) is 170 cm³/mol. The van der Waals surface area contributed by atoms with Crippen molar-refractivity contribution in [3.05, 3.63) is 89.7 Å². The summed E-state index contributed by atoms with van der Waals surface area (Å²) in [6, 6.07) is 19.1. The Balaban J connectivity index is 1.49. The molecule has 1 fully saturated rings. The van der Waals surface area contributed by atoms with E-state index in [4.69, 9.17) is 9.47 Å². The van der Waals surface area contributed by atoms with Gasteiger partial charge in [-0.3, -0.25) is 19.5 Å². The predicted octanol–water partition coefficient (Wildman–Crippen LogP) is 6.53. The summed E-state index contributed by atoms with van der Waals surface area (Å²) in [5.41, 5.74) is 4.91. The van der Waals surface area contributed by atoms with E-state index in [-0.39, 0.29) is 24.3 Å². The number of aromatic nitrogens is 1. The van der Waals surface area contributed by atoms with Crippen molar-refractivity contribution >= 4 is 17.8 Å². The van der Waals surface area contributed by atoms with E-state index in [9.17, 15) is 14.4 Å². The number of benzene rings is 2. The molecule has 2 amide bonds. The molecule has 8 nitrogen and oxygen atoms in total. The fraction of sp³-hybridized carbons (Fsp3) is 0.444. The zero-order valence-electron chi connectivity index (χ0n) is 26.9. The molecule has 1 aromatic heterocycles. The molecule has 3 atom stereocenters. The summed E-state index contributed by atoms with van der Waals surface area (Å²) in [7, 11) is 0. The summed E-state index contributed by atoms with van der Waals surface area (Å²) in [4.78, 5) is 46.3. The van der Waals surface area contributed by atoms with Crippen molar-refractivity contribution in [3.63, 3.8) is 0 Å². The molecule has 0 aliphatic carbocycles. The number of cyclic esters (lactones) is 1. The molecule has 0 saturated carbocycles. The van der Waals surface area contributed by atoms with Gasteiger partial charge >= 0.3 is 5.97 Å². The summed E-state index contributed by atoms with van der Waals surface area (Å²) in [5.74, 6) is -2.60. The third-order valence-corrected chi connectivity index (χ3v) is 7.86. The Hall–Kier alpha value is -4.04. The lowest BCUT2D eigenvalue weighted by Crippen LogP contribution is -2.60. The van der Waals surface area contributed by atoms with Crippen LogP contribution in [0.3, 0.4) is 0 Å². The number of hydrogen-bond donors (Lipinski definition) is 1. The Kier molecular flexibility index (Phi) is 10.3. The van der Waals surface area contributed by atoms with Crippen LogP contribution in [0.5, 0.6) is 0 Å². The second-order valence-corrected chi connectivity index (χ2v) is 13.1. The Bertz CT molecular complexity index is 1450. The van der Waals surface area contributed by atoms with Crippen molar-refractivity contribution in [1.29, 1.82) is 0 Å². The maximum absolute atomic E-state index is 14.0. The maximum Gasteiger partial charge on any atom is 0.359 e. The number of carbonyl (C=O) groups excluding carboxylic acids is 3. The van der Waals surface area contributed by atoms with E-state index in [1.807, 2.05) is 52.0 Å². The number of aryl methyl sites for hydroxylation is 2. The molecular weight excluding hydrogens is 554 g/mol. The highest BCUT2D eigenvalue weighted by Gasteiger charge is 2.52. The summed E-state index contributed by atoms with van der Waals surface area (Å²) >= 11 is 0. The number of nitrogens with zero attached hydrogens (tertiary/aromatic N) is 2. The van der Waals surface area contributed by atoms with Crippen LogP contribution in [0, 0.1) is 12.3 Å². The Labute approximate surface area is 261 Å². The molecule has 234 valence electrons. The van der Waals surface area contributed by atoms with Gasteiger partial charge in [-0.05, 0) is 72.4 Å². The molecule has 0 radical (unpaired) electrons. The van der Waals surface area contributed by atoms with Crippen LogP contribution in [0.15, 0.2) is 73.1 Å². The summed E-state index contributed by atoms with van der Waals surface area (Å²) in [5, 5.41) is 3.03. The maximum atomic E-state index is 14.0. The van der Waals surface area contributed by atoms with Crippen LogP contribution in [0.4, 0.5) is 0 Å². The second kappa shape index (κ2) is 13.7. The van der Waals surface area contributed by atoms with Crippen LogP contribution in [0.1, 0.15) is 83.5 Å². The molecule has 3 aromatic rings. The number of amides is 2. The van der Waals surface area contributed by atoms with E-state index in [0.29, 0.717) is 6.42 Å². The van der Waals surface area contributed by atoms with Gasteiger partial charge in [0.25, 0.3) is 0 Å². The fourth-order valence-electron chi connectivity index (χ4n) is 5.72. The average molecular weight is 600 g/mol. The molecule has 4 rings (SSSR count). The van der Waals surface area contributed by atoms with Crippen LogP contribution in [-0.4, -0.2) is 45.7 Å². The molecule has 1 aliphatic rings. The van der Waals surface area contributed by atoms with Gasteiger partial charge in [0.15, 0.2) is 0 Å². The Morgan fingerprint density at radius 3 is 2.36 bits per heavy atom. The van der Waals surface area contributed by atoms with Gasteiger partial charge in [0, 0.05) is 32.7 Å². The van der Waals surface area contributed by atoms with Crippen molar-refractivity contribution in [1.82, 2.24) is 15.2 Å². The smallest absolute Gasteiger partial charge is 0.359 e. The molecular formula is C36H45N3O5. The first-order valence-corrected chi connectivity index (χ1v) is 15.3. The highest BCUT2D eigenvalue weighted by molar-refractivity contribution is 5.92. The number of pyridine rings is 1. The van der Waals surface area contributed by atoms with Crippen molar-refractivity contribution in [3.8, 4) is 11.1 Å². The lowest BCUT2D eigenvalue weighted by Gasteiger charge is -2.41. The van der Waals surface area contributed by atoms with E-state index in [0.717, 1.165) is 18.4 Å². The van der Waals surface area contributed by atoms with Gasteiger partial charge in [0.2, 0.25) is 23.8 Å². The van der Waals surface area contributed by atoms with E-state index in [1.54, 1.807) is 32.3 Å². The minimum Gasteiger partial charge on any atom is -0.430 e. The molecule has 1 saturated heterocycles. The van der Waals surface area contributed by atoms with E-state index in [2.05, 4.69) is 47.6 Å². The van der Waals surface area contributed by atoms with Crippen LogP contribution < -0.4 is 5.32 Å². The zero-order valence-corrected chi connectivity index (χ0v) is 26.9. The lowest BCUT2D eigenvalue weighted by molar-refractivity contribution is -0.181. The highest BCUT2D eigenvalue weighted by Crippen LogP contribution is 2.34. The number of carbonyl (C=O) groups is 3. The third kappa shape index (κ3) is 8.11. The quantitative estimate of drug-likeness (QED) is 0.199. The van der Waals surface area contributed by atoms with Crippen LogP contribution >= 0.6 is 0 Å². The molecule has 2 heterocycles. The van der Waals surface area contributed by atoms with Gasteiger partial charge in [-0.15, -0.1) is 0 Å². The molecule has 44 heavy (non-hydrogen) atoms. The van der Waals surface area contributed by atoms with Gasteiger partial charge < -0.3 is 14.8 Å². The van der Waals surface area contributed by atoms with Crippen molar-refractivity contribution in [2.75, 3.05) is 0 Å². The number of rotatable bonds is 11. The van der Waals surface area contributed by atoms with Crippen LogP contribution in [0.25, 0.3) is 11.1 Å². The van der Waals surface area contributed by atoms with Gasteiger partial charge in [-0.25, -0.2) is 4.79 Å².